The fraction of sp³-hybridized carbons (Fsp3) is 0.423. The van der Waals surface area contributed by atoms with Crippen LogP contribution in [0, 0.1) is 0 Å². The maximum atomic E-state index is 13.4. The number of rotatable bonds is 7. The Bertz CT molecular complexity index is 1260. The minimum absolute atomic E-state index is 0.0160. The first-order valence-electron chi connectivity index (χ1n) is 11.4. The molecule has 1 aliphatic heterocycles. The van der Waals surface area contributed by atoms with E-state index in [-0.39, 0.29) is 30.0 Å². The van der Waals surface area contributed by atoms with Gasteiger partial charge < -0.3 is 29.2 Å². The number of fused-ring (bicyclic) bond motifs is 1. The number of benzene rings is 2. The third-order valence-electron chi connectivity index (χ3n) is 6.48. The predicted octanol–water partition coefficient (Wildman–Crippen LogP) is 4.73. The van der Waals surface area contributed by atoms with E-state index in [1.807, 2.05) is 39.1 Å². The molecule has 1 aromatic heterocycles. The molecule has 182 valence electrons. The summed E-state index contributed by atoms with van der Waals surface area (Å²) in [5, 5.41) is 14.2. The number of nitrogens with zero attached hydrogens (tertiary/aromatic N) is 1. The Morgan fingerprint density at radius 3 is 2.56 bits per heavy atom. The van der Waals surface area contributed by atoms with E-state index in [9.17, 15) is 9.90 Å². The number of aliphatic hydroxyl groups excluding tert-OH is 1. The molecule has 1 aliphatic rings. The van der Waals surface area contributed by atoms with Gasteiger partial charge in [-0.05, 0) is 52.1 Å². The number of likely N-dealkylation sites (tertiary alicyclic amines) is 1. The van der Waals surface area contributed by atoms with Crippen molar-refractivity contribution in [3.05, 3.63) is 51.1 Å². The number of aliphatic hydroxyl groups is 1. The summed E-state index contributed by atoms with van der Waals surface area (Å²) in [6.07, 6.45) is 0.795. The number of methoxy groups -OCH3 is 2. The molecule has 4 rings (SSSR count). The highest BCUT2D eigenvalue weighted by Gasteiger charge is 2.37. The third-order valence-corrected chi connectivity index (χ3v) is 6.79. The molecule has 0 amide bonds. The van der Waals surface area contributed by atoms with Crippen molar-refractivity contribution in [2.45, 2.75) is 38.3 Å². The van der Waals surface area contributed by atoms with Crippen LogP contribution in [0.25, 0.3) is 22.3 Å². The van der Waals surface area contributed by atoms with Crippen LogP contribution in [0.5, 0.6) is 11.5 Å². The summed E-state index contributed by atoms with van der Waals surface area (Å²) in [4.78, 5) is 15.5. The summed E-state index contributed by atoms with van der Waals surface area (Å²) in [5.41, 5.74) is 2.43. The van der Waals surface area contributed by atoms with Gasteiger partial charge in [-0.25, -0.2) is 0 Å². The molecule has 0 bridgehead atoms. The van der Waals surface area contributed by atoms with Gasteiger partial charge in [0.1, 0.15) is 28.2 Å². The number of ether oxygens (including phenoxy) is 2. The number of halogens is 1. The van der Waals surface area contributed by atoms with E-state index in [4.69, 9.17) is 25.5 Å². The normalized spacial score (nSPS) is 18.6. The molecule has 34 heavy (non-hydrogen) atoms. The van der Waals surface area contributed by atoms with Crippen molar-refractivity contribution in [2.75, 3.05) is 39.7 Å². The van der Waals surface area contributed by atoms with Crippen LogP contribution < -0.4 is 20.2 Å². The second kappa shape index (κ2) is 9.86. The van der Waals surface area contributed by atoms with E-state index in [2.05, 4.69) is 10.2 Å². The summed E-state index contributed by atoms with van der Waals surface area (Å²) >= 11 is 6.61. The molecule has 1 fully saturated rings. The van der Waals surface area contributed by atoms with Crippen molar-refractivity contribution in [2.24, 2.45) is 0 Å². The van der Waals surface area contributed by atoms with Crippen molar-refractivity contribution in [3.63, 3.8) is 0 Å². The molecule has 2 aromatic carbocycles. The summed E-state index contributed by atoms with van der Waals surface area (Å²) in [6.45, 7) is 4.89. The molecule has 0 spiro atoms. The molecule has 2 atom stereocenters. The largest absolute Gasteiger partial charge is 0.496 e. The Hall–Kier alpha value is -2.74. The molecule has 0 radical (unpaired) electrons. The van der Waals surface area contributed by atoms with Gasteiger partial charge in [-0.1, -0.05) is 11.6 Å². The Kier molecular flexibility index (Phi) is 7.07. The van der Waals surface area contributed by atoms with Crippen LogP contribution in [0.15, 0.2) is 39.5 Å². The topological polar surface area (TPSA) is 84.2 Å². The zero-order chi connectivity index (χ0) is 24.6. The first-order valence-corrected chi connectivity index (χ1v) is 11.8. The van der Waals surface area contributed by atoms with E-state index < -0.39 is 0 Å². The predicted molar refractivity (Wildman–Crippen MR) is 136 cm³/mol. The van der Waals surface area contributed by atoms with Crippen LogP contribution in [-0.2, 0) is 0 Å². The highest BCUT2D eigenvalue weighted by molar-refractivity contribution is 6.33. The van der Waals surface area contributed by atoms with Crippen molar-refractivity contribution in [3.8, 4) is 22.8 Å². The molecule has 8 heteroatoms. The van der Waals surface area contributed by atoms with Gasteiger partial charge in [-0.2, -0.15) is 0 Å². The zero-order valence-corrected chi connectivity index (χ0v) is 20.9. The smallest absolute Gasteiger partial charge is 0.197 e. The first kappa shape index (κ1) is 24.4. The van der Waals surface area contributed by atoms with Crippen molar-refractivity contribution < 1.29 is 19.0 Å². The van der Waals surface area contributed by atoms with Gasteiger partial charge in [0.05, 0.1) is 25.8 Å². The SMILES string of the molecule is COc1cc(OC)c2c(=O)cc(-c3ccc(NC(C)C)cc3Cl)oc2c1[C@H]1CCN(C)[C@@H]1CO. The molecule has 0 saturated carbocycles. The van der Waals surface area contributed by atoms with E-state index in [0.29, 0.717) is 38.8 Å². The van der Waals surface area contributed by atoms with Gasteiger partial charge >= 0.3 is 0 Å². The fourth-order valence-corrected chi connectivity index (χ4v) is 5.13. The first-order chi connectivity index (χ1) is 16.3. The Morgan fingerprint density at radius 1 is 1.21 bits per heavy atom. The molecule has 0 aliphatic carbocycles. The van der Waals surface area contributed by atoms with Gasteiger partial charge in [0.25, 0.3) is 0 Å². The zero-order valence-electron chi connectivity index (χ0n) is 20.1. The van der Waals surface area contributed by atoms with Gasteiger partial charge in [0.15, 0.2) is 5.43 Å². The average molecular weight is 487 g/mol. The summed E-state index contributed by atoms with van der Waals surface area (Å²) in [5.74, 6) is 1.23. The Labute approximate surface area is 204 Å². The second-order valence-corrected chi connectivity index (χ2v) is 9.40. The minimum atomic E-state index is -0.232. The van der Waals surface area contributed by atoms with Gasteiger partial charge in [0, 0.05) is 46.9 Å². The molecule has 0 unspecified atom stereocenters. The van der Waals surface area contributed by atoms with Gasteiger partial charge in [-0.3, -0.25) is 4.79 Å². The molecule has 1 saturated heterocycles. The molecular formula is C26H31ClN2O5. The summed E-state index contributed by atoms with van der Waals surface area (Å²) in [7, 11) is 5.07. The Morgan fingerprint density at radius 2 is 1.94 bits per heavy atom. The summed E-state index contributed by atoms with van der Waals surface area (Å²) in [6, 6.07) is 8.88. The summed E-state index contributed by atoms with van der Waals surface area (Å²) < 4.78 is 17.7. The molecule has 7 nitrogen and oxygen atoms in total. The van der Waals surface area contributed by atoms with E-state index >= 15 is 0 Å². The van der Waals surface area contributed by atoms with Crippen LogP contribution in [-0.4, -0.2) is 56.5 Å². The maximum Gasteiger partial charge on any atom is 0.197 e. The number of likely N-dealkylation sites (N-methyl/N-ethyl adjacent to an activating group) is 1. The molecular weight excluding hydrogens is 456 g/mol. The highest BCUT2D eigenvalue weighted by atomic mass is 35.5. The quantitative estimate of drug-likeness (QED) is 0.499. The lowest BCUT2D eigenvalue weighted by atomic mass is 9.89. The number of hydrogen-bond donors (Lipinski definition) is 2. The number of anilines is 1. The lowest BCUT2D eigenvalue weighted by molar-refractivity contribution is 0.171. The third kappa shape index (κ3) is 4.35. The van der Waals surface area contributed by atoms with Crippen molar-refractivity contribution in [1.29, 1.82) is 0 Å². The number of nitrogens with one attached hydrogen (secondary N) is 1. The van der Waals surface area contributed by atoms with Crippen LogP contribution >= 0.6 is 11.6 Å². The molecule has 2 N–H and O–H groups in total. The van der Waals surface area contributed by atoms with Crippen molar-refractivity contribution >= 4 is 28.3 Å². The van der Waals surface area contributed by atoms with Crippen molar-refractivity contribution in [1.82, 2.24) is 4.90 Å². The highest BCUT2D eigenvalue weighted by Crippen LogP contribution is 2.45. The Balaban J connectivity index is 1.97. The maximum absolute atomic E-state index is 13.4. The molecule has 3 aromatic rings. The monoisotopic (exact) mass is 486 g/mol. The van der Waals surface area contributed by atoms with Crippen LogP contribution in [0.2, 0.25) is 5.02 Å². The number of hydrogen-bond acceptors (Lipinski definition) is 7. The second-order valence-electron chi connectivity index (χ2n) is 8.99. The average Bonchev–Trinajstić information content (AvgIpc) is 3.17. The standard InChI is InChI=1S/C26H31ClN2O5/c1-14(2)28-15-6-7-16(18(27)10-15)21-11-20(31)25-23(33-5)12-22(32-4)24(26(25)34-21)17-8-9-29(3)19(17)13-30/h6-7,10-12,14,17,19,28,30H,8-9,13H2,1-5H3/t17-,19+/m0/s1. The van der Waals surface area contributed by atoms with E-state index in [1.54, 1.807) is 13.2 Å². The molecule has 2 heterocycles. The van der Waals surface area contributed by atoms with E-state index in [1.165, 1.54) is 13.2 Å². The lowest BCUT2D eigenvalue weighted by Crippen LogP contribution is -2.32. The lowest BCUT2D eigenvalue weighted by Gasteiger charge is -2.25. The van der Waals surface area contributed by atoms with Gasteiger partial charge in [-0.15, -0.1) is 0 Å². The van der Waals surface area contributed by atoms with Gasteiger partial charge in [0.2, 0.25) is 0 Å². The van der Waals surface area contributed by atoms with Crippen LogP contribution in [0.1, 0.15) is 31.7 Å². The minimum Gasteiger partial charge on any atom is -0.496 e. The van der Waals surface area contributed by atoms with Crippen LogP contribution in [0.3, 0.4) is 0 Å². The van der Waals surface area contributed by atoms with E-state index in [0.717, 1.165) is 24.2 Å². The van der Waals surface area contributed by atoms with Crippen LogP contribution in [0.4, 0.5) is 5.69 Å². The fourth-order valence-electron chi connectivity index (χ4n) is 4.86.